The van der Waals surface area contributed by atoms with Crippen molar-refractivity contribution in [3.05, 3.63) is 35.4 Å². The first-order valence-electron chi connectivity index (χ1n) is 4.65. The zero-order valence-corrected chi connectivity index (χ0v) is 8.90. The highest BCUT2D eigenvalue weighted by Gasteiger charge is 2.13. The molecular formula is C11H15NO3. The molecule has 1 amide bonds. The predicted octanol–water partition coefficient (Wildman–Crippen LogP) is 1.78. The second kappa shape index (κ2) is 5.36. The van der Waals surface area contributed by atoms with Crippen LogP contribution in [0.2, 0.25) is 0 Å². The molecule has 0 aliphatic rings. The molecule has 0 heterocycles. The first-order chi connectivity index (χ1) is 7.15. The standard InChI is InChI=1S/C11H15NO3/c1-8-5-3-4-6-9(8)10(14-2)7-15-11(12)13/h3-6,10H,7H2,1-2H3,(H2,12,13). The summed E-state index contributed by atoms with van der Waals surface area (Å²) in [4.78, 5) is 10.5. The highest BCUT2D eigenvalue weighted by atomic mass is 16.6. The van der Waals surface area contributed by atoms with Crippen molar-refractivity contribution in [2.75, 3.05) is 13.7 Å². The molecule has 82 valence electrons. The van der Waals surface area contributed by atoms with Crippen LogP contribution < -0.4 is 5.73 Å². The van der Waals surface area contributed by atoms with Crippen LogP contribution >= 0.6 is 0 Å². The maximum absolute atomic E-state index is 10.5. The molecular weight excluding hydrogens is 194 g/mol. The number of hydrogen-bond donors (Lipinski definition) is 1. The molecule has 2 N–H and O–H groups in total. The van der Waals surface area contributed by atoms with E-state index in [0.29, 0.717) is 0 Å². The summed E-state index contributed by atoms with van der Waals surface area (Å²) in [6.45, 7) is 2.11. The van der Waals surface area contributed by atoms with E-state index in [1.165, 1.54) is 0 Å². The Labute approximate surface area is 89.0 Å². The minimum absolute atomic E-state index is 0.136. The molecule has 0 bridgehead atoms. The van der Waals surface area contributed by atoms with E-state index in [-0.39, 0.29) is 12.7 Å². The van der Waals surface area contributed by atoms with E-state index in [1.54, 1.807) is 7.11 Å². The monoisotopic (exact) mass is 209 g/mol. The van der Waals surface area contributed by atoms with Crippen molar-refractivity contribution in [3.8, 4) is 0 Å². The number of primary amides is 1. The summed E-state index contributed by atoms with van der Waals surface area (Å²) in [6, 6.07) is 7.78. The Kier molecular flexibility index (Phi) is 4.12. The third kappa shape index (κ3) is 3.25. The first kappa shape index (κ1) is 11.5. The van der Waals surface area contributed by atoms with Crippen LogP contribution in [0.1, 0.15) is 17.2 Å². The second-order valence-corrected chi connectivity index (χ2v) is 3.21. The highest BCUT2D eigenvalue weighted by Crippen LogP contribution is 2.20. The van der Waals surface area contributed by atoms with Crippen molar-refractivity contribution in [2.45, 2.75) is 13.0 Å². The molecule has 0 fully saturated rings. The number of amides is 1. The number of ether oxygens (including phenoxy) is 2. The minimum Gasteiger partial charge on any atom is -0.447 e. The van der Waals surface area contributed by atoms with E-state index in [2.05, 4.69) is 0 Å². The van der Waals surface area contributed by atoms with Crippen LogP contribution in [-0.2, 0) is 9.47 Å². The van der Waals surface area contributed by atoms with Crippen molar-refractivity contribution >= 4 is 6.09 Å². The van der Waals surface area contributed by atoms with Crippen molar-refractivity contribution in [2.24, 2.45) is 5.73 Å². The predicted molar refractivity (Wildman–Crippen MR) is 56.5 cm³/mol. The van der Waals surface area contributed by atoms with Gasteiger partial charge < -0.3 is 15.2 Å². The van der Waals surface area contributed by atoms with E-state index in [9.17, 15) is 4.79 Å². The van der Waals surface area contributed by atoms with Crippen LogP contribution in [0.15, 0.2) is 24.3 Å². The summed E-state index contributed by atoms with van der Waals surface area (Å²) < 4.78 is 9.95. The Morgan fingerprint density at radius 2 is 2.13 bits per heavy atom. The van der Waals surface area contributed by atoms with Crippen LogP contribution in [0, 0.1) is 6.92 Å². The lowest BCUT2D eigenvalue weighted by atomic mass is 10.0. The summed E-state index contributed by atoms with van der Waals surface area (Å²) in [7, 11) is 1.57. The van der Waals surface area contributed by atoms with Gasteiger partial charge in [0.05, 0.1) is 0 Å². The minimum atomic E-state index is -0.786. The van der Waals surface area contributed by atoms with Gasteiger partial charge in [-0.05, 0) is 18.1 Å². The molecule has 0 saturated heterocycles. The molecule has 1 rings (SSSR count). The summed E-state index contributed by atoms with van der Waals surface area (Å²) in [6.07, 6.45) is -1.05. The number of benzene rings is 1. The molecule has 0 radical (unpaired) electrons. The van der Waals surface area contributed by atoms with Gasteiger partial charge in [-0.3, -0.25) is 0 Å². The van der Waals surface area contributed by atoms with E-state index >= 15 is 0 Å². The first-order valence-corrected chi connectivity index (χ1v) is 4.65. The number of aryl methyl sites for hydroxylation is 1. The third-order valence-corrected chi connectivity index (χ3v) is 2.20. The highest BCUT2D eigenvalue weighted by molar-refractivity contribution is 5.64. The molecule has 0 aliphatic heterocycles. The van der Waals surface area contributed by atoms with E-state index in [0.717, 1.165) is 11.1 Å². The van der Waals surface area contributed by atoms with E-state index < -0.39 is 6.09 Å². The Morgan fingerprint density at radius 3 is 2.67 bits per heavy atom. The molecule has 4 heteroatoms. The molecule has 0 saturated carbocycles. The van der Waals surface area contributed by atoms with Gasteiger partial charge in [0.2, 0.25) is 0 Å². The Hall–Kier alpha value is -1.55. The summed E-state index contributed by atoms with van der Waals surface area (Å²) in [5.74, 6) is 0. The molecule has 0 aromatic heterocycles. The maximum Gasteiger partial charge on any atom is 0.404 e. The number of nitrogens with two attached hydrogens (primary N) is 1. The summed E-state index contributed by atoms with van der Waals surface area (Å²) in [5.41, 5.74) is 6.99. The second-order valence-electron chi connectivity index (χ2n) is 3.21. The zero-order valence-electron chi connectivity index (χ0n) is 8.90. The lowest BCUT2D eigenvalue weighted by Crippen LogP contribution is -2.19. The van der Waals surface area contributed by atoms with Crippen LogP contribution in [0.5, 0.6) is 0 Å². The number of methoxy groups -OCH3 is 1. The smallest absolute Gasteiger partial charge is 0.404 e. The van der Waals surface area contributed by atoms with Gasteiger partial charge in [-0.15, -0.1) is 0 Å². The van der Waals surface area contributed by atoms with E-state index in [4.69, 9.17) is 15.2 Å². The fourth-order valence-electron chi connectivity index (χ4n) is 1.39. The molecule has 1 aromatic rings. The fraction of sp³-hybridized carbons (Fsp3) is 0.364. The Balaban J connectivity index is 2.74. The molecule has 0 aliphatic carbocycles. The number of carbonyl (C=O) groups excluding carboxylic acids is 1. The number of carbonyl (C=O) groups is 1. The number of hydrogen-bond acceptors (Lipinski definition) is 3. The van der Waals surface area contributed by atoms with Crippen LogP contribution in [0.3, 0.4) is 0 Å². The van der Waals surface area contributed by atoms with Crippen molar-refractivity contribution in [1.29, 1.82) is 0 Å². The fourth-order valence-corrected chi connectivity index (χ4v) is 1.39. The van der Waals surface area contributed by atoms with Gasteiger partial charge in [-0.25, -0.2) is 4.79 Å². The van der Waals surface area contributed by atoms with Crippen LogP contribution in [0.4, 0.5) is 4.79 Å². The number of rotatable bonds is 4. The van der Waals surface area contributed by atoms with Gasteiger partial charge in [-0.1, -0.05) is 24.3 Å². The average molecular weight is 209 g/mol. The lowest BCUT2D eigenvalue weighted by molar-refractivity contribution is 0.0369. The van der Waals surface area contributed by atoms with Gasteiger partial charge in [0.15, 0.2) is 0 Å². The lowest BCUT2D eigenvalue weighted by Gasteiger charge is -2.17. The zero-order chi connectivity index (χ0) is 11.3. The maximum atomic E-state index is 10.5. The Morgan fingerprint density at radius 1 is 1.47 bits per heavy atom. The SMILES string of the molecule is COC(COC(N)=O)c1ccccc1C. The average Bonchev–Trinajstić information content (AvgIpc) is 2.21. The molecule has 0 spiro atoms. The van der Waals surface area contributed by atoms with Gasteiger partial charge in [-0.2, -0.15) is 0 Å². The van der Waals surface area contributed by atoms with Crippen molar-refractivity contribution in [3.63, 3.8) is 0 Å². The molecule has 15 heavy (non-hydrogen) atoms. The van der Waals surface area contributed by atoms with E-state index in [1.807, 2.05) is 31.2 Å². The van der Waals surface area contributed by atoms with Crippen LogP contribution in [-0.4, -0.2) is 19.8 Å². The van der Waals surface area contributed by atoms with Crippen molar-refractivity contribution < 1.29 is 14.3 Å². The molecule has 1 aromatic carbocycles. The van der Waals surface area contributed by atoms with Crippen LogP contribution in [0.25, 0.3) is 0 Å². The van der Waals surface area contributed by atoms with Gasteiger partial charge in [0.1, 0.15) is 12.7 Å². The Bertz CT molecular complexity index is 338. The van der Waals surface area contributed by atoms with Gasteiger partial charge >= 0.3 is 6.09 Å². The van der Waals surface area contributed by atoms with Gasteiger partial charge in [0, 0.05) is 7.11 Å². The largest absolute Gasteiger partial charge is 0.447 e. The molecule has 1 unspecified atom stereocenters. The summed E-state index contributed by atoms with van der Waals surface area (Å²) >= 11 is 0. The quantitative estimate of drug-likeness (QED) is 0.822. The molecule has 4 nitrogen and oxygen atoms in total. The van der Waals surface area contributed by atoms with Gasteiger partial charge in [0.25, 0.3) is 0 Å². The molecule has 1 atom stereocenters. The topological polar surface area (TPSA) is 61.6 Å². The van der Waals surface area contributed by atoms with Crippen molar-refractivity contribution in [1.82, 2.24) is 0 Å². The summed E-state index contributed by atoms with van der Waals surface area (Å²) in [5, 5.41) is 0. The third-order valence-electron chi connectivity index (χ3n) is 2.20. The normalized spacial score (nSPS) is 12.1.